The fourth-order valence-corrected chi connectivity index (χ4v) is 2.23. The lowest BCUT2D eigenvalue weighted by Crippen LogP contribution is -2.46. The van der Waals surface area contributed by atoms with E-state index in [1.807, 2.05) is 0 Å². The quantitative estimate of drug-likeness (QED) is 0.823. The Kier molecular flexibility index (Phi) is 2.98. The van der Waals surface area contributed by atoms with Gasteiger partial charge in [0.1, 0.15) is 5.82 Å². The van der Waals surface area contributed by atoms with Gasteiger partial charge in [-0.2, -0.15) is 0 Å². The van der Waals surface area contributed by atoms with E-state index in [1.165, 1.54) is 6.07 Å². The van der Waals surface area contributed by atoms with Crippen LogP contribution >= 0.6 is 11.6 Å². The Bertz CT molecular complexity index is 402. The van der Waals surface area contributed by atoms with E-state index < -0.39 is 0 Å². The number of nitrogens with one attached hydrogen (secondary N) is 2. The van der Waals surface area contributed by atoms with Crippen molar-refractivity contribution in [2.45, 2.75) is 32.2 Å². The standard InChI is InChI=1S/C12H16ClFN2/c1-3-12(4-2)7-15-10-6-9(14)8(13)5-11(10)16-12/h5-6,15-16H,3-4,7H2,1-2H3. The molecule has 1 aliphatic heterocycles. The number of halogens is 2. The summed E-state index contributed by atoms with van der Waals surface area (Å²) in [4.78, 5) is 0. The molecule has 16 heavy (non-hydrogen) atoms. The summed E-state index contributed by atoms with van der Waals surface area (Å²) in [5.41, 5.74) is 1.73. The number of anilines is 2. The van der Waals surface area contributed by atoms with Crippen molar-refractivity contribution in [1.82, 2.24) is 0 Å². The van der Waals surface area contributed by atoms with E-state index in [-0.39, 0.29) is 16.4 Å². The number of fused-ring (bicyclic) bond motifs is 1. The van der Waals surface area contributed by atoms with Gasteiger partial charge in [-0.15, -0.1) is 0 Å². The van der Waals surface area contributed by atoms with E-state index >= 15 is 0 Å². The minimum Gasteiger partial charge on any atom is -0.381 e. The topological polar surface area (TPSA) is 24.1 Å². The molecular weight excluding hydrogens is 227 g/mol. The van der Waals surface area contributed by atoms with Gasteiger partial charge in [0.25, 0.3) is 0 Å². The highest BCUT2D eigenvalue weighted by Crippen LogP contribution is 2.36. The van der Waals surface area contributed by atoms with Gasteiger partial charge in [0, 0.05) is 12.6 Å². The Morgan fingerprint density at radius 1 is 1.31 bits per heavy atom. The summed E-state index contributed by atoms with van der Waals surface area (Å²) < 4.78 is 13.3. The Hall–Kier alpha value is -0.960. The van der Waals surface area contributed by atoms with E-state index in [0.717, 1.165) is 30.8 Å². The summed E-state index contributed by atoms with van der Waals surface area (Å²) in [7, 11) is 0. The van der Waals surface area contributed by atoms with Crippen LogP contribution in [0.15, 0.2) is 12.1 Å². The van der Waals surface area contributed by atoms with Crippen LogP contribution in [0.1, 0.15) is 26.7 Å². The van der Waals surface area contributed by atoms with Crippen molar-refractivity contribution in [3.8, 4) is 0 Å². The summed E-state index contributed by atoms with van der Waals surface area (Å²) in [6.07, 6.45) is 2.04. The maximum absolute atomic E-state index is 13.3. The molecule has 0 saturated carbocycles. The fourth-order valence-electron chi connectivity index (χ4n) is 2.07. The first-order valence-corrected chi connectivity index (χ1v) is 5.99. The Morgan fingerprint density at radius 2 is 2.00 bits per heavy atom. The fraction of sp³-hybridized carbons (Fsp3) is 0.500. The lowest BCUT2D eigenvalue weighted by Gasteiger charge is -2.39. The van der Waals surface area contributed by atoms with Crippen molar-refractivity contribution >= 4 is 23.0 Å². The molecule has 1 heterocycles. The molecule has 2 rings (SSSR count). The molecule has 2 nitrogen and oxygen atoms in total. The van der Waals surface area contributed by atoms with Crippen molar-refractivity contribution in [2.75, 3.05) is 17.2 Å². The monoisotopic (exact) mass is 242 g/mol. The second kappa shape index (κ2) is 4.13. The molecule has 0 fully saturated rings. The van der Waals surface area contributed by atoms with E-state index in [2.05, 4.69) is 24.5 Å². The third-order valence-corrected chi connectivity index (χ3v) is 3.72. The van der Waals surface area contributed by atoms with Gasteiger partial charge in [-0.25, -0.2) is 4.39 Å². The summed E-state index contributed by atoms with van der Waals surface area (Å²) in [5.74, 6) is -0.379. The van der Waals surface area contributed by atoms with Crippen LogP contribution in [0, 0.1) is 5.82 Å². The van der Waals surface area contributed by atoms with Gasteiger partial charge in [0.2, 0.25) is 0 Å². The van der Waals surface area contributed by atoms with E-state index in [1.54, 1.807) is 6.07 Å². The molecule has 0 spiro atoms. The molecule has 0 amide bonds. The SMILES string of the molecule is CCC1(CC)CNc2cc(F)c(Cl)cc2N1. The lowest BCUT2D eigenvalue weighted by molar-refractivity contribution is 0.451. The highest BCUT2D eigenvalue weighted by molar-refractivity contribution is 6.31. The summed E-state index contributed by atoms with van der Waals surface area (Å²) in [6, 6.07) is 3.10. The highest BCUT2D eigenvalue weighted by atomic mass is 35.5. The molecule has 0 unspecified atom stereocenters. The Labute approximate surface area is 100 Å². The van der Waals surface area contributed by atoms with E-state index in [9.17, 15) is 4.39 Å². The normalized spacial score (nSPS) is 17.2. The van der Waals surface area contributed by atoms with Crippen LogP contribution in [0.4, 0.5) is 15.8 Å². The molecule has 2 N–H and O–H groups in total. The lowest BCUT2D eigenvalue weighted by atomic mass is 9.90. The first-order chi connectivity index (χ1) is 7.60. The molecule has 0 atom stereocenters. The van der Waals surface area contributed by atoms with Gasteiger partial charge < -0.3 is 10.6 Å². The zero-order chi connectivity index (χ0) is 11.8. The minimum atomic E-state index is -0.379. The maximum Gasteiger partial charge on any atom is 0.143 e. The zero-order valence-corrected chi connectivity index (χ0v) is 10.3. The second-order valence-electron chi connectivity index (χ2n) is 4.28. The summed E-state index contributed by atoms with van der Waals surface area (Å²) in [5, 5.41) is 6.89. The van der Waals surface area contributed by atoms with Crippen LogP contribution in [0.3, 0.4) is 0 Å². The molecule has 4 heteroatoms. The maximum atomic E-state index is 13.3. The first kappa shape index (κ1) is 11.5. The van der Waals surface area contributed by atoms with Gasteiger partial charge in [0.15, 0.2) is 0 Å². The number of hydrogen-bond acceptors (Lipinski definition) is 2. The third-order valence-electron chi connectivity index (χ3n) is 3.43. The van der Waals surface area contributed by atoms with E-state index in [0.29, 0.717) is 0 Å². The molecule has 0 aromatic heterocycles. The molecular formula is C12H16ClFN2. The molecule has 1 aliphatic rings. The van der Waals surface area contributed by atoms with Gasteiger partial charge in [-0.1, -0.05) is 25.4 Å². The second-order valence-corrected chi connectivity index (χ2v) is 4.69. The molecule has 1 aromatic rings. The molecule has 0 aliphatic carbocycles. The Morgan fingerprint density at radius 3 is 2.62 bits per heavy atom. The van der Waals surface area contributed by atoms with Gasteiger partial charge in [0.05, 0.1) is 21.9 Å². The van der Waals surface area contributed by atoms with Crippen molar-refractivity contribution in [2.24, 2.45) is 0 Å². The van der Waals surface area contributed by atoms with Crippen molar-refractivity contribution < 1.29 is 4.39 Å². The average Bonchev–Trinajstić information content (AvgIpc) is 2.30. The van der Waals surface area contributed by atoms with Gasteiger partial charge >= 0.3 is 0 Å². The van der Waals surface area contributed by atoms with Crippen LogP contribution in [0.25, 0.3) is 0 Å². The Balaban J connectivity index is 2.36. The van der Waals surface area contributed by atoms with Crippen LogP contribution in [0.2, 0.25) is 5.02 Å². The number of rotatable bonds is 2. The minimum absolute atomic E-state index is 0.0498. The molecule has 0 bridgehead atoms. The predicted molar refractivity (Wildman–Crippen MR) is 66.8 cm³/mol. The van der Waals surface area contributed by atoms with Crippen LogP contribution in [-0.4, -0.2) is 12.1 Å². The van der Waals surface area contributed by atoms with Crippen molar-refractivity contribution in [3.05, 3.63) is 23.0 Å². The smallest absolute Gasteiger partial charge is 0.143 e. The molecule has 88 valence electrons. The summed E-state index contributed by atoms with van der Waals surface area (Å²) >= 11 is 5.78. The van der Waals surface area contributed by atoms with Crippen LogP contribution in [0.5, 0.6) is 0 Å². The van der Waals surface area contributed by atoms with Crippen molar-refractivity contribution in [3.63, 3.8) is 0 Å². The highest BCUT2D eigenvalue weighted by Gasteiger charge is 2.30. The molecule has 0 radical (unpaired) electrons. The average molecular weight is 243 g/mol. The van der Waals surface area contributed by atoms with Crippen LogP contribution in [-0.2, 0) is 0 Å². The van der Waals surface area contributed by atoms with E-state index in [4.69, 9.17) is 11.6 Å². The van der Waals surface area contributed by atoms with Crippen molar-refractivity contribution in [1.29, 1.82) is 0 Å². The number of hydrogen-bond donors (Lipinski definition) is 2. The first-order valence-electron chi connectivity index (χ1n) is 5.61. The molecule has 1 aromatic carbocycles. The predicted octanol–water partition coefficient (Wildman–Crippen LogP) is 3.88. The van der Waals surface area contributed by atoms with Crippen LogP contribution < -0.4 is 10.6 Å². The summed E-state index contributed by atoms with van der Waals surface area (Å²) in [6.45, 7) is 5.11. The molecule has 0 saturated heterocycles. The number of benzene rings is 1. The van der Waals surface area contributed by atoms with Gasteiger partial charge in [-0.05, 0) is 18.9 Å². The third kappa shape index (κ3) is 1.84. The van der Waals surface area contributed by atoms with Gasteiger partial charge in [-0.3, -0.25) is 0 Å². The zero-order valence-electron chi connectivity index (χ0n) is 9.53. The largest absolute Gasteiger partial charge is 0.381 e.